The second kappa shape index (κ2) is 7.83. The lowest BCUT2D eigenvalue weighted by molar-refractivity contribution is -0.122. The van der Waals surface area contributed by atoms with Crippen molar-refractivity contribution in [3.05, 3.63) is 36.4 Å². The number of methoxy groups -OCH3 is 1. The van der Waals surface area contributed by atoms with Crippen molar-refractivity contribution in [1.82, 2.24) is 5.32 Å². The van der Waals surface area contributed by atoms with Crippen LogP contribution in [-0.4, -0.2) is 37.1 Å². The van der Waals surface area contributed by atoms with Crippen LogP contribution in [0.5, 0.6) is 11.5 Å². The van der Waals surface area contributed by atoms with Crippen LogP contribution in [0, 0.1) is 0 Å². The first-order chi connectivity index (χ1) is 9.62. The van der Waals surface area contributed by atoms with E-state index in [9.17, 15) is 4.79 Å². The Morgan fingerprint density at radius 3 is 2.85 bits per heavy atom. The average molecular weight is 278 g/mol. The molecule has 0 spiro atoms. The van der Waals surface area contributed by atoms with Gasteiger partial charge in [-0.05, 0) is 25.1 Å². The van der Waals surface area contributed by atoms with Crippen LogP contribution >= 0.6 is 0 Å². The summed E-state index contributed by atoms with van der Waals surface area (Å²) in [6.45, 7) is 5.45. The Morgan fingerprint density at radius 2 is 2.25 bits per heavy atom. The van der Waals surface area contributed by atoms with Gasteiger partial charge in [-0.2, -0.15) is 0 Å². The molecule has 0 fully saturated rings. The van der Waals surface area contributed by atoms with Crippen LogP contribution in [0.3, 0.4) is 0 Å². The molecule has 0 aliphatic heterocycles. The van der Waals surface area contributed by atoms with Crippen LogP contribution in [0.1, 0.15) is 12.5 Å². The van der Waals surface area contributed by atoms with Crippen LogP contribution in [0.15, 0.2) is 36.0 Å². The van der Waals surface area contributed by atoms with E-state index < -0.39 is 0 Å². The Morgan fingerprint density at radius 1 is 1.50 bits per heavy atom. The molecular weight excluding hydrogens is 260 g/mol. The van der Waals surface area contributed by atoms with Crippen molar-refractivity contribution < 1.29 is 19.5 Å². The predicted octanol–water partition coefficient (Wildman–Crippen LogP) is 1.57. The summed E-state index contributed by atoms with van der Waals surface area (Å²) in [5, 5.41) is 14.5. The minimum atomic E-state index is -0.246. The molecule has 0 saturated carbocycles. The van der Waals surface area contributed by atoms with Gasteiger partial charge in [0.25, 0.3) is 5.91 Å². The van der Waals surface area contributed by atoms with Crippen LogP contribution in [0.4, 0.5) is 0 Å². The maximum atomic E-state index is 11.4. The van der Waals surface area contributed by atoms with Gasteiger partial charge < -0.3 is 20.0 Å². The highest BCUT2D eigenvalue weighted by atomic mass is 16.5. The number of nitrogens with zero attached hydrogens (tertiary/aromatic N) is 1. The minimum absolute atomic E-state index is 0.114. The van der Waals surface area contributed by atoms with Gasteiger partial charge in [-0.3, -0.25) is 4.79 Å². The maximum absolute atomic E-state index is 11.4. The standard InChI is InChI=1S/C14H18N2O4/c1-4-7-15-14(17)9-20-12-6-5-11(10(2)16-18)8-13(12)19-3/h4-6,8,18H,1,7,9H2,2-3H3,(H,15,17)/b16-10+. The van der Waals surface area contributed by atoms with Crippen LogP contribution < -0.4 is 14.8 Å². The van der Waals surface area contributed by atoms with Gasteiger partial charge >= 0.3 is 0 Å². The van der Waals surface area contributed by atoms with Gasteiger partial charge in [-0.15, -0.1) is 6.58 Å². The summed E-state index contributed by atoms with van der Waals surface area (Å²) in [4.78, 5) is 11.4. The monoisotopic (exact) mass is 278 g/mol. The molecule has 0 saturated heterocycles. The summed E-state index contributed by atoms with van der Waals surface area (Å²) in [6, 6.07) is 5.05. The molecule has 6 nitrogen and oxygen atoms in total. The summed E-state index contributed by atoms with van der Waals surface area (Å²) < 4.78 is 10.6. The molecule has 1 aromatic rings. The number of carbonyl (C=O) groups is 1. The molecule has 6 heteroatoms. The number of benzene rings is 1. The summed E-state index contributed by atoms with van der Waals surface area (Å²) in [5.41, 5.74) is 1.16. The number of rotatable bonds is 7. The topological polar surface area (TPSA) is 80.2 Å². The van der Waals surface area contributed by atoms with Gasteiger partial charge in [-0.1, -0.05) is 11.2 Å². The summed E-state index contributed by atoms with van der Waals surface area (Å²) in [5.74, 6) is 0.655. The van der Waals surface area contributed by atoms with Gasteiger partial charge in [0, 0.05) is 12.1 Å². The lowest BCUT2D eigenvalue weighted by Gasteiger charge is -2.11. The fourth-order valence-corrected chi connectivity index (χ4v) is 1.45. The van der Waals surface area contributed by atoms with Crippen molar-refractivity contribution >= 4 is 11.6 Å². The maximum Gasteiger partial charge on any atom is 0.258 e. The average Bonchev–Trinajstić information content (AvgIpc) is 2.49. The van der Waals surface area contributed by atoms with Gasteiger partial charge in [0.1, 0.15) is 0 Å². The molecule has 1 amide bonds. The first kappa shape index (κ1) is 15.6. The van der Waals surface area contributed by atoms with Crippen molar-refractivity contribution in [3.8, 4) is 11.5 Å². The molecular formula is C14H18N2O4. The second-order valence-corrected chi connectivity index (χ2v) is 3.93. The summed E-state index contributed by atoms with van der Waals surface area (Å²) >= 11 is 0. The number of carbonyl (C=O) groups excluding carboxylic acids is 1. The van der Waals surface area contributed by atoms with Crippen LogP contribution in [0.25, 0.3) is 0 Å². The van der Waals surface area contributed by atoms with Crippen molar-refractivity contribution in [2.75, 3.05) is 20.3 Å². The fraction of sp³-hybridized carbons (Fsp3) is 0.286. The SMILES string of the molecule is C=CCNC(=O)COc1ccc(/C(C)=N/O)cc1OC. The molecule has 0 unspecified atom stereocenters. The molecule has 20 heavy (non-hydrogen) atoms. The molecule has 108 valence electrons. The largest absolute Gasteiger partial charge is 0.493 e. The third-order valence-corrected chi connectivity index (χ3v) is 2.53. The zero-order valence-corrected chi connectivity index (χ0v) is 11.5. The van der Waals surface area contributed by atoms with E-state index in [2.05, 4.69) is 17.1 Å². The summed E-state index contributed by atoms with van der Waals surface area (Å²) in [7, 11) is 1.50. The molecule has 2 N–H and O–H groups in total. The Hall–Kier alpha value is -2.50. The first-order valence-electron chi connectivity index (χ1n) is 5.99. The molecule has 0 aromatic heterocycles. The highest BCUT2D eigenvalue weighted by Gasteiger charge is 2.09. The predicted molar refractivity (Wildman–Crippen MR) is 75.7 cm³/mol. The Bertz CT molecular complexity index is 512. The van der Waals surface area contributed by atoms with Crippen molar-refractivity contribution in [2.45, 2.75) is 6.92 Å². The van der Waals surface area contributed by atoms with Gasteiger partial charge in [0.2, 0.25) is 0 Å². The summed E-state index contributed by atoms with van der Waals surface area (Å²) in [6.07, 6.45) is 1.59. The van der Waals surface area contributed by atoms with E-state index in [0.717, 1.165) is 0 Å². The van der Waals surface area contributed by atoms with Gasteiger partial charge in [0.15, 0.2) is 18.1 Å². The third-order valence-electron chi connectivity index (χ3n) is 2.53. The zero-order chi connectivity index (χ0) is 15.0. The van der Waals surface area contributed by atoms with Crippen LogP contribution in [0.2, 0.25) is 0 Å². The molecule has 0 atom stereocenters. The van der Waals surface area contributed by atoms with E-state index in [0.29, 0.717) is 29.3 Å². The van der Waals surface area contributed by atoms with E-state index in [1.807, 2.05) is 0 Å². The molecule has 0 heterocycles. The lowest BCUT2D eigenvalue weighted by atomic mass is 10.1. The smallest absolute Gasteiger partial charge is 0.258 e. The van der Waals surface area contributed by atoms with E-state index in [4.69, 9.17) is 14.7 Å². The third kappa shape index (κ3) is 4.31. The number of oxime groups is 1. The van der Waals surface area contributed by atoms with E-state index in [1.54, 1.807) is 31.2 Å². The van der Waals surface area contributed by atoms with E-state index in [-0.39, 0.29) is 12.5 Å². The first-order valence-corrected chi connectivity index (χ1v) is 5.99. The lowest BCUT2D eigenvalue weighted by Crippen LogP contribution is -2.28. The zero-order valence-electron chi connectivity index (χ0n) is 11.5. The Labute approximate surface area is 117 Å². The number of amides is 1. The second-order valence-electron chi connectivity index (χ2n) is 3.93. The number of ether oxygens (including phenoxy) is 2. The molecule has 1 aromatic carbocycles. The van der Waals surface area contributed by atoms with Crippen molar-refractivity contribution in [3.63, 3.8) is 0 Å². The Balaban J connectivity index is 2.75. The fourth-order valence-electron chi connectivity index (χ4n) is 1.45. The molecule has 1 rings (SSSR count). The van der Waals surface area contributed by atoms with Crippen molar-refractivity contribution in [2.24, 2.45) is 5.16 Å². The van der Waals surface area contributed by atoms with Crippen molar-refractivity contribution in [1.29, 1.82) is 0 Å². The molecule has 0 aliphatic carbocycles. The van der Waals surface area contributed by atoms with E-state index in [1.165, 1.54) is 7.11 Å². The van der Waals surface area contributed by atoms with Crippen LogP contribution in [-0.2, 0) is 4.79 Å². The molecule has 0 aliphatic rings. The highest BCUT2D eigenvalue weighted by Crippen LogP contribution is 2.28. The Kier molecular flexibility index (Phi) is 6.09. The number of nitrogens with one attached hydrogen (secondary N) is 1. The normalized spacial score (nSPS) is 10.8. The highest BCUT2D eigenvalue weighted by molar-refractivity contribution is 5.98. The van der Waals surface area contributed by atoms with E-state index >= 15 is 0 Å². The quantitative estimate of drug-likeness (QED) is 0.343. The molecule has 0 bridgehead atoms. The van der Waals surface area contributed by atoms with Gasteiger partial charge in [0.05, 0.1) is 12.8 Å². The number of hydrogen-bond donors (Lipinski definition) is 2. The molecule has 0 radical (unpaired) electrons. The number of hydrogen-bond acceptors (Lipinski definition) is 5. The van der Waals surface area contributed by atoms with Gasteiger partial charge in [-0.25, -0.2) is 0 Å². The minimum Gasteiger partial charge on any atom is -0.493 e.